The largest absolute Gasteiger partial charge is 0.494 e. The summed E-state index contributed by atoms with van der Waals surface area (Å²) in [5.41, 5.74) is 5.58. The third-order valence-electron chi connectivity index (χ3n) is 4.31. The molecule has 0 bridgehead atoms. The molecule has 2 N–H and O–H groups in total. The highest BCUT2D eigenvalue weighted by Gasteiger charge is 2.27. The number of unbranched alkanes of at least 4 members (excludes halogenated alkanes) is 1. The molecule has 8 heteroatoms. The van der Waals surface area contributed by atoms with Crippen molar-refractivity contribution in [3.05, 3.63) is 54.1 Å². The first-order valence-corrected chi connectivity index (χ1v) is 9.42. The van der Waals surface area contributed by atoms with E-state index in [1.165, 1.54) is 4.90 Å². The van der Waals surface area contributed by atoms with E-state index < -0.39 is 11.8 Å². The summed E-state index contributed by atoms with van der Waals surface area (Å²) in [7, 11) is 0. The molecule has 1 aliphatic heterocycles. The average molecular weight is 397 g/mol. The first-order chi connectivity index (χ1) is 14.1. The fourth-order valence-corrected chi connectivity index (χ4v) is 2.75. The summed E-state index contributed by atoms with van der Waals surface area (Å²) in [6.45, 7) is 2.34. The number of carbonyl (C=O) groups excluding carboxylic acids is 3. The van der Waals surface area contributed by atoms with Gasteiger partial charge in [-0.2, -0.15) is 0 Å². The molecule has 0 saturated carbocycles. The van der Waals surface area contributed by atoms with Gasteiger partial charge in [-0.15, -0.1) is 0 Å². The maximum atomic E-state index is 12.2. The van der Waals surface area contributed by atoms with Crippen LogP contribution in [-0.2, 0) is 9.59 Å². The molecule has 2 aromatic rings. The molecular weight excluding hydrogens is 374 g/mol. The molecule has 8 nitrogen and oxygen atoms in total. The predicted octanol–water partition coefficient (Wildman–Crippen LogP) is 2.05. The number of para-hydroxylation sites is 2. The number of hydrazine groups is 1. The van der Waals surface area contributed by atoms with Crippen LogP contribution in [-0.4, -0.2) is 37.5 Å². The van der Waals surface area contributed by atoms with Crippen molar-refractivity contribution in [2.45, 2.75) is 19.8 Å². The summed E-state index contributed by atoms with van der Waals surface area (Å²) < 4.78 is 10.9. The van der Waals surface area contributed by atoms with Gasteiger partial charge in [-0.1, -0.05) is 25.5 Å². The monoisotopic (exact) mass is 397 g/mol. The number of carbonyl (C=O) groups is 3. The van der Waals surface area contributed by atoms with Gasteiger partial charge in [0, 0.05) is 5.56 Å². The maximum Gasteiger partial charge on any atom is 0.269 e. The van der Waals surface area contributed by atoms with Crippen molar-refractivity contribution in [1.82, 2.24) is 10.9 Å². The Morgan fingerprint density at radius 3 is 2.62 bits per heavy atom. The molecule has 152 valence electrons. The molecule has 0 aliphatic carbocycles. The Morgan fingerprint density at radius 1 is 1.10 bits per heavy atom. The summed E-state index contributed by atoms with van der Waals surface area (Å²) in [6.07, 6.45) is 2.01. The fourth-order valence-electron chi connectivity index (χ4n) is 2.75. The van der Waals surface area contributed by atoms with Crippen molar-refractivity contribution in [1.29, 1.82) is 0 Å². The van der Waals surface area contributed by atoms with Gasteiger partial charge >= 0.3 is 0 Å². The molecule has 0 radical (unpaired) electrons. The molecule has 3 amide bonds. The van der Waals surface area contributed by atoms with Crippen LogP contribution >= 0.6 is 0 Å². The van der Waals surface area contributed by atoms with Crippen molar-refractivity contribution >= 4 is 23.4 Å². The Kier molecular flexibility index (Phi) is 6.67. The molecule has 0 spiro atoms. The number of hydrogen-bond acceptors (Lipinski definition) is 5. The quantitative estimate of drug-likeness (QED) is 0.551. The first kappa shape index (κ1) is 20.2. The molecule has 0 unspecified atom stereocenters. The lowest BCUT2D eigenvalue weighted by Gasteiger charge is -2.28. The Labute approximate surface area is 168 Å². The second kappa shape index (κ2) is 9.59. The zero-order chi connectivity index (χ0) is 20.6. The second-order valence-electron chi connectivity index (χ2n) is 6.46. The number of anilines is 1. The SMILES string of the molecule is CCCCOc1ccc(C(=O)NNC(=O)CN2C(=O)COc3ccccc32)cc1. The van der Waals surface area contributed by atoms with Gasteiger partial charge in [0.05, 0.1) is 12.3 Å². The van der Waals surface area contributed by atoms with Crippen LogP contribution in [0, 0.1) is 0 Å². The summed E-state index contributed by atoms with van der Waals surface area (Å²) in [4.78, 5) is 37.9. The van der Waals surface area contributed by atoms with Gasteiger partial charge in [-0.25, -0.2) is 0 Å². The molecular formula is C21H23N3O5. The van der Waals surface area contributed by atoms with Gasteiger partial charge < -0.3 is 9.47 Å². The zero-order valence-electron chi connectivity index (χ0n) is 16.1. The standard InChI is InChI=1S/C21H23N3O5/c1-2-3-12-28-16-10-8-15(9-11-16)21(27)23-22-19(25)13-24-17-6-4-5-7-18(17)29-14-20(24)26/h4-11H,2-3,12-14H2,1H3,(H,22,25)(H,23,27). The van der Waals surface area contributed by atoms with Gasteiger partial charge in [0.15, 0.2) is 6.61 Å². The minimum Gasteiger partial charge on any atom is -0.494 e. The minimum atomic E-state index is -0.525. The van der Waals surface area contributed by atoms with Crippen LogP contribution < -0.4 is 25.2 Å². The molecule has 29 heavy (non-hydrogen) atoms. The van der Waals surface area contributed by atoms with Crippen molar-refractivity contribution in [3.63, 3.8) is 0 Å². The Bertz CT molecular complexity index is 882. The number of amides is 3. The van der Waals surface area contributed by atoms with Gasteiger partial charge in [0.25, 0.3) is 17.7 Å². The molecule has 2 aromatic carbocycles. The molecule has 1 heterocycles. The second-order valence-corrected chi connectivity index (χ2v) is 6.46. The summed E-state index contributed by atoms with van der Waals surface area (Å²) >= 11 is 0. The highest BCUT2D eigenvalue weighted by atomic mass is 16.5. The normalized spacial score (nSPS) is 12.6. The number of nitrogens with zero attached hydrogens (tertiary/aromatic N) is 1. The van der Waals surface area contributed by atoms with E-state index in [4.69, 9.17) is 9.47 Å². The van der Waals surface area contributed by atoms with Gasteiger partial charge in [0.2, 0.25) is 0 Å². The van der Waals surface area contributed by atoms with Gasteiger partial charge in [0.1, 0.15) is 18.0 Å². The van der Waals surface area contributed by atoms with E-state index in [1.54, 1.807) is 48.5 Å². The van der Waals surface area contributed by atoms with Crippen LogP contribution in [0.1, 0.15) is 30.1 Å². The Hall–Kier alpha value is -3.55. The summed E-state index contributed by atoms with van der Waals surface area (Å²) in [5, 5.41) is 0. The smallest absolute Gasteiger partial charge is 0.269 e. The number of hydrogen-bond donors (Lipinski definition) is 2. The third kappa shape index (κ3) is 5.25. The molecule has 0 atom stereocenters. The first-order valence-electron chi connectivity index (χ1n) is 9.42. The van der Waals surface area contributed by atoms with E-state index in [0.29, 0.717) is 29.4 Å². The maximum absolute atomic E-state index is 12.2. The molecule has 1 aliphatic rings. The predicted molar refractivity (Wildman–Crippen MR) is 107 cm³/mol. The van der Waals surface area contributed by atoms with Crippen molar-refractivity contribution in [2.75, 3.05) is 24.7 Å². The number of ether oxygens (including phenoxy) is 2. The van der Waals surface area contributed by atoms with Crippen molar-refractivity contribution in [3.8, 4) is 11.5 Å². The number of rotatable bonds is 7. The zero-order valence-corrected chi connectivity index (χ0v) is 16.1. The van der Waals surface area contributed by atoms with E-state index >= 15 is 0 Å². The van der Waals surface area contributed by atoms with Gasteiger partial charge in [-0.05, 0) is 42.8 Å². The van der Waals surface area contributed by atoms with E-state index in [0.717, 1.165) is 12.8 Å². The molecule has 3 rings (SSSR count). The van der Waals surface area contributed by atoms with Crippen LogP contribution in [0.25, 0.3) is 0 Å². The number of fused-ring (bicyclic) bond motifs is 1. The van der Waals surface area contributed by atoms with Crippen LogP contribution in [0.5, 0.6) is 11.5 Å². The van der Waals surface area contributed by atoms with E-state index in [9.17, 15) is 14.4 Å². The highest BCUT2D eigenvalue weighted by Crippen LogP contribution is 2.31. The lowest BCUT2D eigenvalue weighted by molar-refractivity contribution is -0.125. The van der Waals surface area contributed by atoms with E-state index in [-0.39, 0.29) is 19.1 Å². The van der Waals surface area contributed by atoms with Crippen molar-refractivity contribution < 1.29 is 23.9 Å². The average Bonchev–Trinajstić information content (AvgIpc) is 2.75. The molecule has 0 saturated heterocycles. The third-order valence-corrected chi connectivity index (χ3v) is 4.31. The molecule has 0 fully saturated rings. The molecule has 0 aromatic heterocycles. The Balaban J connectivity index is 1.52. The van der Waals surface area contributed by atoms with E-state index in [1.807, 2.05) is 0 Å². The lowest BCUT2D eigenvalue weighted by Crippen LogP contribution is -2.49. The summed E-state index contributed by atoms with van der Waals surface area (Å²) in [6, 6.07) is 13.6. The highest BCUT2D eigenvalue weighted by molar-refractivity contribution is 6.02. The Morgan fingerprint density at radius 2 is 1.86 bits per heavy atom. The number of benzene rings is 2. The topological polar surface area (TPSA) is 97.0 Å². The van der Waals surface area contributed by atoms with Crippen LogP contribution in [0.2, 0.25) is 0 Å². The van der Waals surface area contributed by atoms with Crippen LogP contribution in [0.15, 0.2) is 48.5 Å². The van der Waals surface area contributed by atoms with E-state index in [2.05, 4.69) is 17.8 Å². The van der Waals surface area contributed by atoms with Crippen molar-refractivity contribution in [2.24, 2.45) is 0 Å². The summed E-state index contributed by atoms with van der Waals surface area (Å²) in [5.74, 6) is -0.104. The van der Waals surface area contributed by atoms with Crippen LogP contribution in [0.3, 0.4) is 0 Å². The number of nitrogens with one attached hydrogen (secondary N) is 2. The van der Waals surface area contributed by atoms with Crippen LogP contribution in [0.4, 0.5) is 5.69 Å². The van der Waals surface area contributed by atoms with Gasteiger partial charge in [-0.3, -0.25) is 30.1 Å². The minimum absolute atomic E-state index is 0.136. The fraction of sp³-hybridized carbons (Fsp3) is 0.286. The lowest BCUT2D eigenvalue weighted by atomic mass is 10.2.